The normalized spacial score (nSPS) is 9.83. The van der Waals surface area contributed by atoms with Crippen molar-refractivity contribution in [2.75, 3.05) is 0 Å². The van der Waals surface area contributed by atoms with Crippen LogP contribution in [0.3, 0.4) is 0 Å². The van der Waals surface area contributed by atoms with Gasteiger partial charge in [-0.3, -0.25) is 0 Å². The van der Waals surface area contributed by atoms with Gasteiger partial charge in [-0.25, -0.2) is 0 Å². The molecule has 0 radical (unpaired) electrons. The van der Waals surface area contributed by atoms with E-state index in [0.29, 0.717) is 0 Å². The zero-order valence-electron chi connectivity index (χ0n) is 5.37. The number of rotatable bonds is 0. The summed E-state index contributed by atoms with van der Waals surface area (Å²) in [6.45, 7) is 0. The summed E-state index contributed by atoms with van der Waals surface area (Å²) in [5.41, 5.74) is 0. The molecule has 64 valence electrons. The molecular formula is O8P2SrZr. The Kier molecular flexibility index (Phi) is 20.2. The second-order valence-corrected chi connectivity index (χ2v) is 2.68. The zero-order valence-corrected chi connectivity index (χ0v) is 13.1. The second-order valence-electron chi connectivity index (χ2n) is 0.894. The molecule has 0 N–H and O–H groups in total. The molecule has 0 aromatic heterocycles. The minimum absolute atomic E-state index is 0. The fourth-order valence-electron chi connectivity index (χ4n) is 0. The molecule has 0 saturated heterocycles. The van der Waals surface area contributed by atoms with Crippen molar-refractivity contribution >= 4 is 61.1 Å². The molecule has 0 aliphatic rings. The van der Waals surface area contributed by atoms with E-state index in [2.05, 4.69) is 0 Å². The maximum absolute atomic E-state index is 8.55. The Labute approximate surface area is 124 Å². The van der Waals surface area contributed by atoms with E-state index in [0.717, 1.165) is 0 Å². The Bertz CT molecular complexity index is 129. The molecule has 0 bridgehead atoms. The summed E-state index contributed by atoms with van der Waals surface area (Å²) < 4.78 is 17.1. The van der Waals surface area contributed by atoms with Crippen LogP contribution in [-0.2, 0) is 35.3 Å². The standard InChI is InChI=1S/2H3O4P.Sr.Zr/c2*1-5(2,3)4;;/h2*(H3,1,2,3,4);;/q;;+2;+4/p-6. The van der Waals surface area contributed by atoms with Crippen LogP contribution in [0.4, 0.5) is 0 Å². The van der Waals surface area contributed by atoms with E-state index in [1.165, 1.54) is 0 Å². The van der Waals surface area contributed by atoms with Gasteiger partial charge in [0.1, 0.15) is 0 Å². The van der Waals surface area contributed by atoms with Gasteiger partial charge < -0.3 is 38.5 Å². The van der Waals surface area contributed by atoms with Crippen LogP contribution in [0.15, 0.2) is 0 Å². The molecule has 12 heavy (non-hydrogen) atoms. The van der Waals surface area contributed by atoms with Crippen LogP contribution in [0.1, 0.15) is 0 Å². The molecule has 12 heteroatoms. The van der Waals surface area contributed by atoms with Gasteiger partial charge >= 0.3 is 71.7 Å². The van der Waals surface area contributed by atoms with Gasteiger partial charge in [0, 0.05) is 0 Å². The molecule has 0 aliphatic heterocycles. The fraction of sp³-hybridized carbons (Fsp3) is 0. The molecule has 8 nitrogen and oxygen atoms in total. The maximum atomic E-state index is 8.55. The summed E-state index contributed by atoms with van der Waals surface area (Å²) in [4.78, 5) is 51.3. The summed E-state index contributed by atoms with van der Waals surface area (Å²) in [5, 5.41) is 0. The van der Waals surface area contributed by atoms with Crippen LogP contribution in [-0.4, -0.2) is 45.5 Å². The van der Waals surface area contributed by atoms with Crippen LogP contribution in [0.2, 0.25) is 0 Å². The largest absolute Gasteiger partial charge is 4.00 e. The van der Waals surface area contributed by atoms with Gasteiger partial charge in [-0.1, -0.05) is 0 Å². The van der Waals surface area contributed by atoms with Crippen molar-refractivity contribution in [2.45, 2.75) is 0 Å². The first-order chi connectivity index (χ1) is 4.00. The molecule has 0 atom stereocenters. The van der Waals surface area contributed by atoms with Crippen molar-refractivity contribution in [2.24, 2.45) is 0 Å². The Morgan fingerprint density at radius 1 is 0.667 bits per heavy atom. The third-order valence-corrected chi connectivity index (χ3v) is 0. The molecule has 0 amide bonds. The monoisotopic (exact) mass is 368 g/mol. The molecule has 0 unspecified atom stereocenters. The summed E-state index contributed by atoms with van der Waals surface area (Å²) in [6.07, 6.45) is 0. The van der Waals surface area contributed by atoms with E-state index in [-0.39, 0.29) is 71.7 Å². The summed E-state index contributed by atoms with van der Waals surface area (Å²) in [6, 6.07) is 0. The van der Waals surface area contributed by atoms with Gasteiger partial charge in [0.25, 0.3) is 0 Å². The molecule has 0 aromatic carbocycles. The van der Waals surface area contributed by atoms with Crippen molar-refractivity contribution in [3.05, 3.63) is 0 Å². The first kappa shape index (κ1) is 24.0. The summed E-state index contributed by atoms with van der Waals surface area (Å²) in [5.74, 6) is 0. The van der Waals surface area contributed by atoms with Gasteiger partial charge in [0.15, 0.2) is 0 Å². The first-order valence-electron chi connectivity index (χ1n) is 1.46. The van der Waals surface area contributed by atoms with Crippen molar-refractivity contribution in [3.8, 4) is 0 Å². The van der Waals surface area contributed by atoms with Crippen LogP contribution in [0, 0.1) is 0 Å². The average Bonchev–Trinajstić information content (AvgIpc) is 1.12. The van der Waals surface area contributed by atoms with E-state index in [1.54, 1.807) is 0 Å². The maximum Gasteiger partial charge on any atom is 4.00 e. The van der Waals surface area contributed by atoms with E-state index < -0.39 is 15.6 Å². The zero-order chi connectivity index (χ0) is 9.00. The third-order valence-electron chi connectivity index (χ3n) is 0. The van der Waals surface area contributed by atoms with Crippen LogP contribution in [0.5, 0.6) is 0 Å². The topological polar surface area (TPSA) is 172 Å². The molecule has 0 heterocycles. The quantitative estimate of drug-likeness (QED) is 0.300. The summed E-state index contributed by atoms with van der Waals surface area (Å²) >= 11 is 0. The van der Waals surface area contributed by atoms with Gasteiger partial charge in [-0.05, 0) is 0 Å². The number of hydrogen-bond acceptors (Lipinski definition) is 8. The Morgan fingerprint density at radius 2 is 0.667 bits per heavy atom. The van der Waals surface area contributed by atoms with E-state index in [4.69, 9.17) is 38.5 Å². The molecule has 0 aliphatic carbocycles. The van der Waals surface area contributed by atoms with Gasteiger partial charge in [-0.2, -0.15) is 15.6 Å². The third kappa shape index (κ3) is 253. The minimum atomic E-state index is -5.39. The van der Waals surface area contributed by atoms with Gasteiger partial charge in [0.05, 0.1) is 0 Å². The SMILES string of the molecule is O=P([O-])([O-])[O-].O=P([O-])([O-])[O-].[Sr+2].[Zr+4]. The predicted molar refractivity (Wildman–Crippen MR) is 21.0 cm³/mol. The molecule has 0 fully saturated rings. The second kappa shape index (κ2) is 10.1. The van der Waals surface area contributed by atoms with E-state index in [1.807, 2.05) is 0 Å². The molecule has 0 spiro atoms. The number of hydrogen-bond donors (Lipinski definition) is 0. The van der Waals surface area contributed by atoms with Crippen LogP contribution >= 0.6 is 15.6 Å². The van der Waals surface area contributed by atoms with Crippen LogP contribution < -0.4 is 29.4 Å². The Balaban J connectivity index is -0.0000000457. The minimum Gasteiger partial charge on any atom is -0.822 e. The van der Waals surface area contributed by atoms with Crippen molar-refractivity contribution in [1.29, 1.82) is 0 Å². The van der Waals surface area contributed by atoms with Gasteiger partial charge in [-0.15, -0.1) is 0 Å². The van der Waals surface area contributed by atoms with Crippen molar-refractivity contribution in [3.63, 3.8) is 0 Å². The van der Waals surface area contributed by atoms with Gasteiger partial charge in [0.2, 0.25) is 0 Å². The van der Waals surface area contributed by atoms with E-state index in [9.17, 15) is 0 Å². The van der Waals surface area contributed by atoms with Crippen molar-refractivity contribution < 1.29 is 64.7 Å². The Morgan fingerprint density at radius 3 is 0.667 bits per heavy atom. The number of phosphoric acid groups is 2. The molecular weight excluding hydrogens is 369 g/mol. The van der Waals surface area contributed by atoms with Crippen LogP contribution in [0.25, 0.3) is 0 Å². The predicted octanol–water partition coefficient (Wildman–Crippen LogP) is -6.03. The smallest absolute Gasteiger partial charge is 0.822 e. The fourth-order valence-corrected chi connectivity index (χ4v) is 0. The van der Waals surface area contributed by atoms with Crippen molar-refractivity contribution in [1.82, 2.24) is 0 Å². The van der Waals surface area contributed by atoms with E-state index >= 15 is 0 Å². The Hall–Kier alpha value is 2.58. The molecule has 0 aromatic rings. The molecule has 0 saturated carbocycles. The summed E-state index contributed by atoms with van der Waals surface area (Å²) in [7, 11) is -10.8. The average molecular weight is 369 g/mol. The molecule has 0 rings (SSSR count). The first-order valence-corrected chi connectivity index (χ1v) is 4.38.